The van der Waals surface area contributed by atoms with E-state index in [0.29, 0.717) is 0 Å². The third-order valence-electron chi connectivity index (χ3n) is 0.620. The van der Waals surface area contributed by atoms with Crippen LogP contribution in [0.25, 0.3) is 0 Å². The summed E-state index contributed by atoms with van der Waals surface area (Å²) in [6, 6.07) is 0. The highest BCUT2D eigenvalue weighted by Gasteiger charge is 2.00. The van der Waals surface area contributed by atoms with Crippen molar-refractivity contribution in [1.82, 2.24) is 10.6 Å². The molecule has 9 heavy (non-hydrogen) atoms. The van der Waals surface area contributed by atoms with Gasteiger partial charge in [-0.25, -0.2) is 5.01 Å². The molecule has 0 aromatic carbocycles. The van der Waals surface area contributed by atoms with E-state index < -0.39 is 5.97 Å². The maximum Gasteiger partial charge on any atom is 0.319 e. The van der Waals surface area contributed by atoms with Crippen molar-refractivity contribution in [3.8, 4) is 0 Å². The maximum absolute atomic E-state index is 9.95. The Balaban J connectivity index is 3.26. The monoisotopic (exact) mass is 134 g/mol. The molecule has 0 aliphatic rings. The zero-order chi connectivity index (χ0) is 7.28. The summed E-state index contributed by atoms with van der Waals surface area (Å²) in [4.78, 5) is 14.4. The lowest BCUT2D eigenvalue weighted by Crippen LogP contribution is -2.37. The van der Waals surface area contributed by atoms with Crippen LogP contribution in [0.3, 0.4) is 0 Å². The summed E-state index contributed by atoms with van der Waals surface area (Å²) in [6.45, 7) is -0.0894. The molecule has 0 amide bonds. The van der Waals surface area contributed by atoms with Crippen LogP contribution in [0.5, 0.6) is 0 Å². The summed E-state index contributed by atoms with van der Waals surface area (Å²) < 4.78 is 0. The number of likely N-dealkylation sites (N-methyl/N-ethyl adjacent to an activating group) is 1. The minimum absolute atomic E-state index is 0.0894. The summed E-state index contributed by atoms with van der Waals surface area (Å²) >= 11 is 0. The van der Waals surface area contributed by atoms with Gasteiger partial charge in [-0.3, -0.25) is 9.63 Å². The third-order valence-corrected chi connectivity index (χ3v) is 0.620. The number of hydrazine groups is 1. The molecule has 0 saturated carbocycles. The van der Waals surface area contributed by atoms with Gasteiger partial charge < -0.3 is 5.11 Å². The largest absolute Gasteiger partial charge is 0.480 e. The van der Waals surface area contributed by atoms with E-state index in [4.69, 9.17) is 5.11 Å². The molecule has 0 atom stereocenters. The molecular formula is C4H10N2O3. The standard InChI is InChI=1S/C4H10N2O3/c1-6(5-9-2)3-4(7)8/h5H,3H2,1-2H3,(H,7,8). The molecule has 0 rings (SSSR count). The van der Waals surface area contributed by atoms with Crippen molar-refractivity contribution in [1.29, 1.82) is 0 Å². The summed E-state index contributed by atoms with van der Waals surface area (Å²) in [6.07, 6.45) is 0. The Morgan fingerprint density at radius 3 is 2.78 bits per heavy atom. The molecule has 5 heteroatoms. The predicted octanol–water partition coefficient (Wildman–Crippen LogP) is -0.931. The van der Waals surface area contributed by atoms with Gasteiger partial charge in [-0.15, -0.1) is 5.59 Å². The van der Waals surface area contributed by atoms with Gasteiger partial charge in [0.15, 0.2) is 0 Å². The Labute approximate surface area is 53.1 Å². The SMILES string of the molecule is CONN(C)CC(=O)O. The summed E-state index contributed by atoms with van der Waals surface area (Å²) in [7, 11) is 2.98. The van der Waals surface area contributed by atoms with Gasteiger partial charge in [-0.05, 0) is 0 Å². The van der Waals surface area contributed by atoms with Crippen LogP contribution in [-0.4, -0.2) is 36.8 Å². The molecule has 0 radical (unpaired) electrons. The fourth-order valence-electron chi connectivity index (χ4n) is 0.391. The summed E-state index contributed by atoms with van der Waals surface area (Å²) in [5.41, 5.74) is 2.33. The van der Waals surface area contributed by atoms with Gasteiger partial charge in [0, 0.05) is 7.05 Å². The third kappa shape index (κ3) is 5.22. The minimum atomic E-state index is -0.901. The first-order valence-corrected chi connectivity index (χ1v) is 2.38. The quantitative estimate of drug-likeness (QED) is 0.486. The second-order valence-electron chi connectivity index (χ2n) is 1.55. The van der Waals surface area contributed by atoms with E-state index in [0.717, 1.165) is 0 Å². The zero-order valence-electron chi connectivity index (χ0n) is 5.42. The van der Waals surface area contributed by atoms with Crippen molar-refractivity contribution >= 4 is 5.97 Å². The molecule has 0 bridgehead atoms. The molecule has 0 unspecified atom stereocenters. The number of hydrogen-bond acceptors (Lipinski definition) is 4. The summed E-state index contributed by atoms with van der Waals surface area (Å²) in [5.74, 6) is -0.901. The highest BCUT2D eigenvalue weighted by molar-refractivity contribution is 5.68. The highest BCUT2D eigenvalue weighted by atomic mass is 16.7. The second kappa shape index (κ2) is 4.25. The topological polar surface area (TPSA) is 61.8 Å². The molecule has 0 heterocycles. The average molecular weight is 134 g/mol. The fourth-order valence-corrected chi connectivity index (χ4v) is 0.391. The first kappa shape index (κ1) is 8.35. The van der Waals surface area contributed by atoms with Crippen molar-refractivity contribution in [3.05, 3.63) is 0 Å². The number of hydrogen-bond donors (Lipinski definition) is 2. The Bertz CT molecular complexity index is 95.8. The highest BCUT2D eigenvalue weighted by Crippen LogP contribution is 1.72. The van der Waals surface area contributed by atoms with Crippen molar-refractivity contribution in [3.63, 3.8) is 0 Å². The smallest absolute Gasteiger partial charge is 0.319 e. The van der Waals surface area contributed by atoms with Crippen molar-refractivity contribution < 1.29 is 14.7 Å². The normalized spacial score (nSPS) is 10.1. The molecule has 0 spiro atoms. The van der Waals surface area contributed by atoms with Crippen LogP contribution < -0.4 is 5.59 Å². The van der Waals surface area contributed by atoms with Crippen LogP contribution >= 0.6 is 0 Å². The Morgan fingerprint density at radius 2 is 2.44 bits per heavy atom. The predicted molar refractivity (Wildman–Crippen MR) is 30.4 cm³/mol. The van der Waals surface area contributed by atoms with Gasteiger partial charge in [0.2, 0.25) is 0 Å². The van der Waals surface area contributed by atoms with E-state index in [9.17, 15) is 4.79 Å². The summed E-state index contributed by atoms with van der Waals surface area (Å²) in [5, 5.41) is 9.48. The molecule has 0 aliphatic heterocycles. The number of carboxylic acid groups (broad SMARTS) is 1. The van der Waals surface area contributed by atoms with E-state index in [-0.39, 0.29) is 6.54 Å². The van der Waals surface area contributed by atoms with Crippen LogP contribution in [0.4, 0.5) is 0 Å². The Hall–Kier alpha value is -0.650. The van der Waals surface area contributed by atoms with E-state index in [1.54, 1.807) is 7.05 Å². The molecule has 0 fully saturated rings. The van der Waals surface area contributed by atoms with Crippen molar-refractivity contribution in [2.75, 3.05) is 20.7 Å². The average Bonchev–Trinajstić information content (AvgIpc) is 1.63. The number of carboxylic acids is 1. The van der Waals surface area contributed by atoms with Gasteiger partial charge in [-0.2, -0.15) is 0 Å². The van der Waals surface area contributed by atoms with Gasteiger partial charge in [0.05, 0.1) is 7.11 Å². The molecule has 0 aromatic heterocycles. The van der Waals surface area contributed by atoms with E-state index >= 15 is 0 Å². The molecule has 54 valence electrons. The maximum atomic E-state index is 9.95. The van der Waals surface area contributed by atoms with Gasteiger partial charge >= 0.3 is 5.97 Å². The molecule has 0 aromatic rings. The number of nitrogens with zero attached hydrogens (tertiary/aromatic N) is 1. The first-order valence-electron chi connectivity index (χ1n) is 2.38. The van der Waals surface area contributed by atoms with E-state index in [1.807, 2.05) is 0 Å². The lowest BCUT2D eigenvalue weighted by atomic mass is 10.7. The Kier molecular flexibility index (Phi) is 3.94. The van der Waals surface area contributed by atoms with Gasteiger partial charge in [0.25, 0.3) is 0 Å². The first-order chi connectivity index (χ1) is 4.16. The van der Waals surface area contributed by atoms with Crippen molar-refractivity contribution in [2.24, 2.45) is 0 Å². The second-order valence-corrected chi connectivity index (χ2v) is 1.55. The van der Waals surface area contributed by atoms with E-state index in [2.05, 4.69) is 10.4 Å². The lowest BCUT2D eigenvalue weighted by Gasteiger charge is -2.11. The van der Waals surface area contributed by atoms with Gasteiger partial charge in [-0.1, -0.05) is 0 Å². The number of rotatable bonds is 4. The minimum Gasteiger partial charge on any atom is -0.480 e. The molecule has 2 N–H and O–H groups in total. The van der Waals surface area contributed by atoms with Crippen molar-refractivity contribution in [2.45, 2.75) is 0 Å². The molecular weight excluding hydrogens is 124 g/mol. The molecule has 5 nitrogen and oxygen atoms in total. The van der Waals surface area contributed by atoms with Crippen LogP contribution in [-0.2, 0) is 9.63 Å². The molecule has 0 saturated heterocycles. The number of carbonyl (C=O) groups is 1. The van der Waals surface area contributed by atoms with Crippen LogP contribution in [0.15, 0.2) is 0 Å². The van der Waals surface area contributed by atoms with Crippen LogP contribution in [0, 0.1) is 0 Å². The van der Waals surface area contributed by atoms with Crippen LogP contribution in [0.1, 0.15) is 0 Å². The van der Waals surface area contributed by atoms with E-state index in [1.165, 1.54) is 12.1 Å². The number of nitrogens with one attached hydrogen (secondary N) is 1. The molecule has 0 aliphatic carbocycles. The van der Waals surface area contributed by atoms with Gasteiger partial charge in [0.1, 0.15) is 6.54 Å². The lowest BCUT2D eigenvalue weighted by molar-refractivity contribution is -0.142. The number of aliphatic carboxylic acids is 1. The zero-order valence-corrected chi connectivity index (χ0v) is 5.42. The Morgan fingerprint density at radius 1 is 1.89 bits per heavy atom. The van der Waals surface area contributed by atoms with Crippen LogP contribution in [0.2, 0.25) is 0 Å². The fraction of sp³-hybridized carbons (Fsp3) is 0.750.